The molecule has 0 bridgehead atoms. The van der Waals surface area contributed by atoms with Gasteiger partial charge in [-0.3, -0.25) is 0 Å². The Labute approximate surface area is 128 Å². The summed E-state index contributed by atoms with van der Waals surface area (Å²) in [5, 5.41) is 3.43. The quantitative estimate of drug-likeness (QED) is 0.872. The van der Waals surface area contributed by atoms with Crippen molar-refractivity contribution in [2.45, 2.75) is 45.6 Å². The van der Waals surface area contributed by atoms with Crippen molar-refractivity contribution in [3.63, 3.8) is 0 Å². The second-order valence-corrected chi connectivity index (χ2v) is 5.99. The number of hydrogen-bond acceptors (Lipinski definition) is 5. The third-order valence-electron chi connectivity index (χ3n) is 4.31. The Hall–Kier alpha value is -1.36. The van der Waals surface area contributed by atoms with Crippen molar-refractivity contribution >= 4 is 11.6 Å². The molecule has 1 fully saturated rings. The van der Waals surface area contributed by atoms with Crippen molar-refractivity contribution < 1.29 is 0 Å². The molecule has 1 aromatic rings. The van der Waals surface area contributed by atoms with E-state index in [-0.39, 0.29) is 0 Å². The van der Waals surface area contributed by atoms with Crippen LogP contribution in [0.15, 0.2) is 6.33 Å². The van der Waals surface area contributed by atoms with Crippen molar-refractivity contribution in [2.75, 3.05) is 43.9 Å². The smallest absolute Gasteiger partial charge is 0.137 e. The molecule has 1 aliphatic rings. The van der Waals surface area contributed by atoms with E-state index < -0.39 is 0 Å². The van der Waals surface area contributed by atoms with E-state index in [1.165, 1.54) is 18.4 Å². The van der Waals surface area contributed by atoms with Crippen LogP contribution in [0.5, 0.6) is 0 Å². The van der Waals surface area contributed by atoms with E-state index in [2.05, 4.69) is 53.0 Å². The van der Waals surface area contributed by atoms with E-state index in [0.717, 1.165) is 44.1 Å². The predicted molar refractivity (Wildman–Crippen MR) is 89.1 cm³/mol. The highest BCUT2D eigenvalue weighted by atomic mass is 15.2. The summed E-state index contributed by atoms with van der Waals surface area (Å²) in [5.41, 5.74) is 1.26. The first kappa shape index (κ1) is 16.0. The molecule has 0 atom stereocenters. The summed E-state index contributed by atoms with van der Waals surface area (Å²) in [6, 6.07) is 0.700. The normalized spacial score (nSPS) is 16.5. The average Bonchev–Trinajstić information content (AvgIpc) is 2.52. The lowest BCUT2D eigenvalue weighted by Crippen LogP contribution is -2.42. The van der Waals surface area contributed by atoms with Gasteiger partial charge in [0.1, 0.15) is 18.0 Å². The predicted octanol–water partition coefficient (Wildman–Crippen LogP) is 2.39. The van der Waals surface area contributed by atoms with E-state index in [0.29, 0.717) is 6.04 Å². The van der Waals surface area contributed by atoms with Crippen LogP contribution in [0.3, 0.4) is 0 Å². The van der Waals surface area contributed by atoms with Crippen molar-refractivity contribution in [1.29, 1.82) is 0 Å². The van der Waals surface area contributed by atoms with Gasteiger partial charge in [0.15, 0.2) is 0 Å². The monoisotopic (exact) mass is 291 g/mol. The topological polar surface area (TPSA) is 44.3 Å². The molecule has 1 saturated heterocycles. The third-order valence-corrected chi connectivity index (χ3v) is 4.31. The van der Waals surface area contributed by atoms with Crippen LogP contribution in [0.4, 0.5) is 11.6 Å². The molecule has 5 heteroatoms. The fraction of sp³-hybridized carbons (Fsp3) is 0.750. The lowest BCUT2D eigenvalue weighted by atomic mass is 10.0. The largest absolute Gasteiger partial charge is 0.370 e. The highest BCUT2D eigenvalue weighted by molar-refractivity contribution is 5.59. The lowest BCUT2D eigenvalue weighted by molar-refractivity contribution is 0.249. The number of nitrogens with one attached hydrogen (secondary N) is 1. The first-order chi connectivity index (χ1) is 10.2. The van der Waals surface area contributed by atoms with Crippen LogP contribution in [0, 0.1) is 0 Å². The van der Waals surface area contributed by atoms with Crippen molar-refractivity contribution in [3.8, 4) is 0 Å². The zero-order valence-electron chi connectivity index (χ0n) is 13.9. The van der Waals surface area contributed by atoms with Crippen molar-refractivity contribution in [3.05, 3.63) is 11.9 Å². The summed E-state index contributed by atoms with van der Waals surface area (Å²) >= 11 is 0. The van der Waals surface area contributed by atoms with Crippen LogP contribution in [0.2, 0.25) is 0 Å². The molecule has 0 radical (unpaired) electrons. The molecule has 1 aliphatic heterocycles. The summed E-state index contributed by atoms with van der Waals surface area (Å²) in [6.45, 7) is 7.49. The molecule has 1 aromatic heterocycles. The Morgan fingerprint density at radius 3 is 2.52 bits per heavy atom. The molecular formula is C16H29N5. The van der Waals surface area contributed by atoms with Gasteiger partial charge >= 0.3 is 0 Å². The number of hydrogen-bond donors (Lipinski definition) is 1. The van der Waals surface area contributed by atoms with Crippen LogP contribution in [0.25, 0.3) is 0 Å². The summed E-state index contributed by atoms with van der Waals surface area (Å²) in [4.78, 5) is 13.8. The van der Waals surface area contributed by atoms with Gasteiger partial charge in [-0.25, -0.2) is 9.97 Å². The molecule has 118 valence electrons. The van der Waals surface area contributed by atoms with Crippen molar-refractivity contribution in [1.82, 2.24) is 14.9 Å². The number of anilines is 2. The zero-order valence-corrected chi connectivity index (χ0v) is 13.9. The fourth-order valence-corrected chi connectivity index (χ4v) is 2.99. The molecule has 0 aromatic carbocycles. The standard InChI is InChI=1S/C16H29N5/c1-5-9-17-15-14(6-2)16(19-12-18-15)21-10-7-13(8-11-21)20(3)4/h12-13H,5-11H2,1-4H3,(H,17,18,19). The lowest BCUT2D eigenvalue weighted by Gasteiger charge is -2.36. The van der Waals surface area contributed by atoms with Gasteiger partial charge in [0.2, 0.25) is 0 Å². The summed E-state index contributed by atoms with van der Waals surface area (Å²) in [7, 11) is 4.35. The van der Waals surface area contributed by atoms with E-state index in [9.17, 15) is 0 Å². The number of piperidine rings is 1. The van der Waals surface area contributed by atoms with E-state index in [4.69, 9.17) is 0 Å². The van der Waals surface area contributed by atoms with Gasteiger partial charge in [0.05, 0.1) is 0 Å². The minimum absolute atomic E-state index is 0.700. The van der Waals surface area contributed by atoms with E-state index in [1.807, 2.05) is 0 Å². The number of rotatable bonds is 6. The Balaban J connectivity index is 2.12. The molecule has 0 aliphatic carbocycles. The molecule has 2 heterocycles. The van der Waals surface area contributed by atoms with E-state index in [1.54, 1.807) is 6.33 Å². The third kappa shape index (κ3) is 3.84. The summed E-state index contributed by atoms with van der Waals surface area (Å²) < 4.78 is 0. The van der Waals surface area contributed by atoms with Crippen LogP contribution >= 0.6 is 0 Å². The van der Waals surface area contributed by atoms with Crippen LogP contribution in [0.1, 0.15) is 38.7 Å². The zero-order chi connectivity index (χ0) is 15.2. The van der Waals surface area contributed by atoms with Crippen molar-refractivity contribution in [2.24, 2.45) is 0 Å². The minimum atomic E-state index is 0.700. The van der Waals surface area contributed by atoms with E-state index >= 15 is 0 Å². The summed E-state index contributed by atoms with van der Waals surface area (Å²) in [5.74, 6) is 2.14. The maximum absolute atomic E-state index is 4.57. The van der Waals surface area contributed by atoms with Crippen LogP contribution in [-0.4, -0.2) is 54.6 Å². The first-order valence-electron chi connectivity index (χ1n) is 8.16. The molecule has 0 spiro atoms. The van der Waals surface area contributed by atoms with Gasteiger partial charge in [0.25, 0.3) is 0 Å². The Morgan fingerprint density at radius 2 is 1.95 bits per heavy atom. The fourth-order valence-electron chi connectivity index (χ4n) is 2.99. The number of nitrogens with zero attached hydrogens (tertiary/aromatic N) is 4. The molecule has 5 nitrogen and oxygen atoms in total. The Bertz CT molecular complexity index is 438. The second-order valence-electron chi connectivity index (χ2n) is 5.99. The second kappa shape index (κ2) is 7.59. The maximum Gasteiger partial charge on any atom is 0.137 e. The molecule has 0 unspecified atom stereocenters. The molecule has 2 rings (SSSR count). The maximum atomic E-state index is 4.57. The molecule has 21 heavy (non-hydrogen) atoms. The molecule has 0 saturated carbocycles. The molecule has 0 amide bonds. The van der Waals surface area contributed by atoms with Gasteiger partial charge in [-0.1, -0.05) is 13.8 Å². The Kier molecular flexibility index (Phi) is 5.79. The van der Waals surface area contributed by atoms with Gasteiger partial charge < -0.3 is 15.1 Å². The number of aromatic nitrogens is 2. The minimum Gasteiger partial charge on any atom is -0.370 e. The Morgan fingerprint density at radius 1 is 1.24 bits per heavy atom. The van der Waals surface area contributed by atoms with Gasteiger partial charge in [-0.05, 0) is 39.8 Å². The van der Waals surface area contributed by atoms with Gasteiger partial charge in [-0.2, -0.15) is 0 Å². The van der Waals surface area contributed by atoms with Crippen LogP contribution in [-0.2, 0) is 6.42 Å². The average molecular weight is 291 g/mol. The highest BCUT2D eigenvalue weighted by Gasteiger charge is 2.23. The summed E-state index contributed by atoms with van der Waals surface area (Å²) in [6.07, 6.45) is 6.19. The van der Waals surface area contributed by atoms with Gasteiger partial charge in [-0.15, -0.1) is 0 Å². The highest BCUT2D eigenvalue weighted by Crippen LogP contribution is 2.27. The van der Waals surface area contributed by atoms with Gasteiger partial charge in [0, 0.05) is 31.2 Å². The molecule has 1 N–H and O–H groups in total. The van der Waals surface area contributed by atoms with Crippen LogP contribution < -0.4 is 10.2 Å². The molecular weight excluding hydrogens is 262 g/mol. The first-order valence-corrected chi connectivity index (χ1v) is 8.16. The SMILES string of the molecule is CCCNc1ncnc(N2CCC(N(C)C)CC2)c1CC.